The largest absolute Gasteiger partial charge is 0.311 e. The molecule has 0 radical (unpaired) electrons. The molecule has 12 rings (SSSR count). The maximum atomic E-state index is 2.67. The molecule has 3 aliphatic rings. The summed E-state index contributed by atoms with van der Waals surface area (Å²) in [6, 6.07) is 55.5. The lowest BCUT2D eigenvalue weighted by Crippen LogP contribution is -2.60. The Kier molecular flexibility index (Phi) is 8.91. The number of nitrogens with zero attached hydrogens (tertiary/aromatic N) is 3. The maximum Gasteiger partial charge on any atom is 0.252 e. The summed E-state index contributed by atoms with van der Waals surface area (Å²) in [6.45, 7) is 18.6. The number of rotatable bonds is 5. The predicted octanol–water partition coefficient (Wildman–Crippen LogP) is 13.2. The minimum atomic E-state index is -0.113. The highest BCUT2D eigenvalue weighted by Gasteiger charge is 2.44. The molecule has 0 saturated carbocycles. The Hall–Kier alpha value is -6.56. The van der Waals surface area contributed by atoms with Gasteiger partial charge < -0.3 is 14.4 Å². The average molecular weight is 860 g/mol. The molecule has 0 fully saturated rings. The second kappa shape index (κ2) is 14.5. The van der Waals surface area contributed by atoms with E-state index in [1.165, 1.54) is 115 Å². The van der Waals surface area contributed by atoms with Crippen LogP contribution in [0.15, 0.2) is 146 Å². The van der Waals surface area contributed by atoms with Crippen LogP contribution in [-0.2, 0) is 10.8 Å². The monoisotopic (exact) mass is 859 g/mol. The van der Waals surface area contributed by atoms with Crippen molar-refractivity contribution in [3.8, 4) is 16.8 Å². The number of hydrogen-bond acceptors (Lipinski definition) is 3. The van der Waals surface area contributed by atoms with E-state index in [-0.39, 0.29) is 17.5 Å². The van der Waals surface area contributed by atoms with Crippen LogP contribution in [0.3, 0.4) is 0 Å². The zero-order valence-corrected chi connectivity index (χ0v) is 39.6. The number of aromatic nitrogens is 1. The second-order valence-electron chi connectivity index (χ2n) is 20.6. The van der Waals surface area contributed by atoms with E-state index in [9.17, 15) is 0 Å². The molecule has 65 heavy (non-hydrogen) atoms. The molecule has 0 unspecified atom stereocenters. The van der Waals surface area contributed by atoms with Gasteiger partial charge in [-0.2, -0.15) is 0 Å². The Bertz CT molecular complexity index is 3510. The van der Waals surface area contributed by atoms with E-state index in [2.05, 4.69) is 228 Å². The summed E-state index contributed by atoms with van der Waals surface area (Å²) < 4.78 is 4.09. The Labute approximate surface area is 387 Å². The van der Waals surface area contributed by atoms with Gasteiger partial charge in [0, 0.05) is 55.0 Å². The molecule has 318 valence electrons. The van der Waals surface area contributed by atoms with Crippen LogP contribution in [0, 0.1) is 13.8 Å². The SMILES string of the molecule is Cc1ccccc1N(c1ccc2c(c1)N(c1ccc(C(C)(C)C)cc1-c1ccccc1)c1cc(C(C)(C)C)cc3c1B2c1cccc2c4c5c(sc4n-3c12)=CCCC=5)c1ccccc1C. The fourth-order valence-electron chi connectivity index (χ4n) is 11.0. The minimum absolute atomic E-state index is 0.0280. The number of para-hydroxylation sites is 3. The van der Waals surface area contributed by atoms with Gasteiger partial charge in [0.15, 0.2) is 0 Å². The van der Waals surface area contributed by atoms with Gasteiger partial charge in [0.2, 0.25) is 0 Å². The fourth-order valence-corrected chi connectivity index (χ4v) is 12.3. The molecule has 3 nitrogen and oxygen atoms in total. The van der Waals surface area contributed by atoms with Crippen molar-refractivity contribution in [1.82, 2.24) is 4.57 Å². The third-order valence-electron chi connectivity index (χ3n) is 14.4. The van der Waals surface area contributed by atoms with Gasteiger partial charge >= 0.3 is 0 Å². The summed E-state index contributed by atoms with van der Waals surface area (Å²) >= 11 is 1.98. The van der Waals surface area contributed by atoms with E-state index in [0.29, 0.717) is 0 Å². The first-order valence-electron chi connectivity index (χ1n) is 23.4. The number of benzene rings is 7. The molecule has 1 aliphatic carbocycles. The van der Waals surface area contributed by atoms with Crippen molar-refractivity contribution in [2.75, 3.05) is 9.80 Å². The highest BCUT2D eigenvalue weighted by molar-refractivity contribution is 7.17. The Morgan fingerprint density at radius 3 is 1.95 bits per heavy atom. The van der Waals surface area contributed by atoms with Crippen molar-refractivity contribution >= 4 is 102 Å². The van der Waals surface area contributed by atoms with Gasteiger partial charge in [-0.25, -0.2) is 0 Å². The molecule has 2 aliphatic heterocycles. The zero-order chi connectivity index (χ0) is 44.5. The van der Waals surface area contributed by atoms with E-state index in [1.54, 1.807) is 0 Å². The molecule has 0 saturated heterocycles. The summed E-state index contributed by atoms with van der Waals surface area (Å²) in [5.41, 5.74) is 21.3. The van der Waals surface area contributed by atoms with Crippen molar-refractivity contribution in [3.05, 3.63) is 178 Å². The first-order valence-corrected chi connectivity index (χ1v) is 24.2. The third-order valence-corrected chi connectivity index (χ3v) is 15.6. The molecule has 0 N–H and O–H groups in total. The van der Waals surface area contributed by atoms with Crippen LogP contribution in [0.5, 0.6) is 0 Å². The highest BCUT2D eigenvalue weighted by Crippen LogP contribution is 2.49. The van der Waals surface area contributed by atoms with E-state index in [0.717, 1.165) is 18.5 Å². The van der Waals surface area contributed by atoms with E-state index < -0.39 is 0 Å². The van der Waals surface area contributed by atoms with Crippen LogP contribution >= 0.6 is 11.3 Å². The van der Waals surface area contributed by atoms with Crippen molar-refractivity contribution in [3.63, 3.8) is 0 Å². The topological polar surface area (TPSA) is 11.4 Å². The van der Waals surface area contributed by atoms with Crippen molar-refractivity contribution in [2.24, 2.45) is 0 Å². The van der Waals surface area contributed by atoms with Crippen molar-refractivity contribution < 1.29 is 0 Å². The van der Waals surface area contributed by atoms with Crippen molar-refractivity contribution in [1.29, 1.82) is 0 Å². The molecule has 9 aromatic rings. The van der Waals surface area contributed by atoms with E-state index in [4.69, 9.17) is 0 Å². The Morgan fingerprint density at radius 2 is 1.25 bits per heavy atom. The number of anilines is 6. The molecule has 0 atom stereocenters. The number of fused-ring (bicyclic) bond motifs is 9. The predicted molar refractivity (Wildman–Crippen MR) is 282 cm³/mol. The first-order chi connectivity index (χ1) is 31.4. The van der Waals surface area contributed by atoms with Crippen LogP contribution in [0.2, 0.25) is 0 Å². The quantitative estimate of drug-likeness (QED) is 0.160. The van der Waals surface area contributed by atoms with Gasteiger partial charge in [-0.05, 0) is 135 Å². The lowest BCUT2D eigenvalue weighted by molar-refractivity contribution is 0.590. The summed E-state index contributed by atoms with van der Waals surface area (Å²) in [5, 5.41) is 4.20. The van der Waals surface area contributed by atoms with E-state index >= 15 is 0 Å². The van der Waals surface area contributed by atoms with Gasteiger partial charge in [-0.3, -0.25) is 0 Å². The fraction of sp³-hybridized carbons (Fsp3) is 0.200. The third kappa shape index (κ3) is 6.08. The molecule has 0 bridgehead atoms. The maximum absolute atomic E-state index is 2.67. The molecular formula is C60H54BN3S. The van der Waals surface area contributed by atoms with Crippen LogP contribution in [0.4, 0.5) is 34.1 Å². The average Bonchev–Trinajstić information content (AvgIpc) is 3.84. The van der Waals surface area contributed by atoms with Gasteiger partial charge in [-0.1, -0.05) is 151 Å². The lowest BCUT2D eigenvalue weighted by atomic mass is 9.33. The first kappa shape index (κ1) is 40.0. The second-order valence-corrected chi connectivity index (χ2v) is 21.6. The van der Waals surface area contributed by atoms with Crippen LogP contribution < -0.4 is 35.9 Å². The number of aryl methyl sites for hydroxylation is 2. The van der Waals surface area contributed by atoms with Crippen LogP contribution in [0.25, 0.3) is 50.1 Å². The minimum Gasteiger partial charge on any atom is -0.311 e. The number of thiophene rings is 1. The van der Waals surface area contributed by atoms with Crippen LogP contribution in [-0.4, -0.2) is 11.3 Å². The smallest absolute Gasteiger partial charge is 0.252 e. The molecule has 0 amide bonds. The molecular weight excluding hydrogens is 806 g/mol. The molecule has 2 aromatic heterocycles. The standard InChI is InChI=1S/C60H54BN3S/c1-37-19-12-15-26-48(37)62(49-27-16-13-20-38(49)2)42-30-31-46-51(36-42)63(50-32-29-40(59(3,4)5)33-45(50)39-21-10-9-11-22-39)52-34-41(60(6,7)8)35-53-56(52)61(46)47-25-18-24-44-55-43-23-14-17-28-54(43)65-58(55)64(53)57(44)47/h9-13,15-16,18-36H,14,17H2,1-8H3. The normalized spacial score (nSPS) is 13.9. The summed E-state index contributed by atoms with van der Waals surface area (Å²) in [5.74, 6) is 0. The molecule has 4 heterocycles. The molecule has 5 heteroatoms. The van der Waals surface area contributed by atoms with Crippen molar-refractivity contribution in [2.45, 2.75) is 79.1 Å². The summed E-state index contributed by atoms with van der Waals surface area (Å²) in [6.07, 6.45) is 7.16. The van der Waals surface area contributed by atoms with Gasteiger partial charge in [0.25, 0.3) is 6.71 Å². The van der Waals surface area contributed by atoms with E-state index in [1.807, 2.05) is 11.3 Å². The van der Waals surface area contributed by atoms with Gasteiger partial charge in [0.05, 0.1) is 11.2 Å². The zero-order valence-electron chi connectivity index (χ0n) is 38.8. The van der Waals surface area contributed by atoms with Crippen LogP contribution in [0.1, 0.15) is 76.6 Å². The molecule has 7 aromatic carbocycles. The van der Waals surface area contributed by atoms with Gasteiger partial charge in [0.1, 0.15) is 4.83 Å². The Balaban J connectivity index is 1.24. The number of hydrogen-bond donors (Lipinski definition) is 0. The highest BCUT2D eigenvalue weighted by atomic mass is 32.1. The summed E-state index contributed by atoms with van der Waals surface area (Å²) in [7, 11) is 0. The summed E-state index contributed by atoms with van der Waals surface area (Å²) in [4.78, 5) is 6.49. The van der Waals surface area contributed by atoms with Gasteiger partial charge in [-0.15, -0.1) is 11.3 Å². The lowest BCUT2D eigenvalue weighted by Gasteiger charge is -2.42. The Morgan fingerprint density at radius 1 is 0.569 bits per heavy atom. The molecule has 0 spiro atoms.